The summed E-state index contributed by atoms with van der Waals surface area (Å²) in [5.41, 5.74) is 10.8. The van der Waals surface area contributed by atoms with Gasteiger partial charge in [-0.1, -0.05) is 45.4 Å². The van der Waals surface area contributed by atoms with Crippen LogP contribution in [0.1, 0.15) is 105 Å². The van der Waals surface area contributed by atoms with Gasteiger partial charge in [-0.3, -0.25) is 38.4 Å². The first kappa shape index (κ1) is 44.9. The number of Topliss-reactive ketones (excluding diaryl/α,β-unsaturated/α-hetero) is 1. The average molecular weight is 699 g/mol. The third kappa shape index (κ3) is 18.9. The van der Waals surface area contributed by atoms with Gasteiger partial charge in [-0.05, 0) is 53.0 Å². The third-order valence-corrected chi connectivity index (χ3v) is 7.66. The zero-order valence-electron chi connectivity index (χ0n) is 29.5. The molecule has 0 radical (unpaired) electrons. The van der Waals surface area contributed by atoms with Gasteiger partial charge in [-0.2, -0.15) is 0 Å². The molecule has 0 aliphatic carbocycles. The number of carbonyl (C=O) groups is 8. The number of amides is 7. The number of hydrogen-bond acceptors (Lipinski definition) is 10. The SMILES string of the molecule is CCCCCCCCCC(=O)N[C@@H](CCCCN)C(=O)N[C@H](C(=O)N[C@@H](C)C(=O)N[C@@H](CC(N)=O)C(=O)NC(C)C(=O)C(=O)NC)C(C)O. The van der Waals surface area contributed by atoms with E-state index in [1.165, 1.54) is 34.2 Å². The van der Waals surface area contributed by atoms with Crippen LogP contribution in [0.5, 0.6) is 0 Å². The molecule has 0 saturated heterocycles. The first-order valence-electron chi connectivity index (χ1n) is 17.0. The molecule has 0 aromatic carbocycles. The van der Waals surface area contributed by atoms with Gasteiger partial charge in [0, 0.05) is 13.5 Å². The number of nitrogens with two attached hydrogens (primary N) is 2. The Hall–Kier alpha value is -4.12. The largest absolute Gasteiger partial charge is 0.391 e. The van der Waals surface area contributed by atoms with Crippen LogP contribution < -0.4 is 43.4 Å². The molecule has 11 N–H and O–H groups in total. The standard InChI is InChI=1S/C32H58N8O9/c1-6-7-8-9-10-11-12-16-25(43)38-22(15-13-14-17-33)29(46)40-26(21(4)41)31(48)37-20(3)28(45)39-23(18-24(34)42)30(47)36-19(2)27(44)32(49)35-5/h19-23,26,41H,6-18,33H2,1-5H3,(H2,34,42)(H,35,49)(H,36,47)(H,37,48)(H,38,43)(H,39,45)(H,40,46)/t19?,20-,21?,22-,23-,26-/m0/s1. The maximum atomic E-state index is 13.2. The molecule has 2 unspecified atom stereocenters. The van der Waals surface area contributed by atoms with E-state index < -0.39 is 84.0 Å². The number of rotatable bonds is 26. The van der Waals surface area contributed by atoms with E-state index >= 15 is 0 Å². The number of hydrogen-bond donors (Lipinski definition) is 9. The smallest absolute Gasteiger partial charge is 0.289 e. The Labute approximate surface area is 288 Å². The van der Waals surface area contributed by atoms with Gasteiger partial charge < -0.3 is 48.5 Å². The summed E-state index contributed by atoms with van der Waals surface area (Å²) >= 11 is 0. The molecule has 0 fully saturated rings. The van der Waals surface area contributed by atoms with Gasteiger partial charge in [0.2, 0.25) is 41.2 Å². The molecule has 17 nitrogen and oxygen atoms in total. The van der Waals surface area contributed by atoms with E-state index in [4.69, 9.17) is 11.5 Å². The molecule has 0 heterocycles. The third-order valence-electron chi connectivity index (χ3n) is 7.66. The molecule has 0 saturated carbocycles. The summed E-state index contributed by atoms with van der Waals surface area (Å²) in [7, 11) is 1.23. The van der Waals surface area contributed by atoms with Gasteiger partial charge in [0.1, 0.15) is 24.2 Å². The Bertz CT molecular complexity index is 1120. The van der Waals surface area contributed by atoms with Gasteiger partial charge in [-0.25, -0.2) is 0 Å². The van der Waals surface area contributed by atoms with Gasteiger partial charge in [-0.15, -0.1) is 0 Å². The molecule has 17 heteroatoms. The van der Waals surface area contributed by atoms with Gasteiger partial charge in [0.05, 0.1) is 18.6 Å². The van der Waals surface area contributed by atoms with E-state index in [-0.39, 0.29) is 18.7 Å². The van der Waals surface area contributed by atoms with Crippen molar-refractivity contribution < 1.29 is 43.5 Å². The van der Waals surface area contributed by atoms with Crippen molar-refractivity contribution in [2.45, 2.75) is 141 Å². The highest BCUT2D eigenvalue weighted by Crippen LogP contribution is 2.09. The van der Waals surface area contributed by atoms with Gasteiger partial charge in [0.15, 0.2) is 0 Å². The lowest BCUT2D eigenvalue weighted by Gasteiger charge is -2.26. The zero-order valence-corrected chi connectivity index (χ0v) is 29.5. The lowest BCUT2D eigenvalue weighted by Crippen LogP contribution is -2.60. The summed E-state index contributed by atoms with van der Waals surface area (Å²) in [6, 6.07) is -6.72. The Morgan fingerprint density at radius 1 is 0.653 bits per heavy atom. The van der Waals surface area contributed by atoms with Crippen LogP contribution in [0.3, 0.4) is 0 Å². The minimum absolute atomic E-state index is 0.236. The minimum atomic E-state index is -1.56. The minimum Gasteiger partial charge on any atom is -0.391 e. The van der Waals surface area contributed by atoms with E-state index in [9.17, 15) is 43.5 Å². The van der Waals surface area contributed by atoms with Gasteiger partial charge in [0.25, 0.3) is 5.91 Å². The maximum Gasteiger partial charge on any atom is 0.289 e. The van der Waals surface area contributed by atoms with Crippen molar-refractivity contribution in [3.8, 4) is 0 Å². The van der Waals surface area contributed by atoms with Crippen LogP contribution in [0.15, 0.2) is 0 Å². The fourth-order valence-corrected chi connectivity index (χ4v) is 4.71. The fourth-order valence-electron chi connectivity index (χ4n) is 4.71. The topological polar surface area (TPSA) is 281 Å². The van der Waals surface area contributed by atoms with Crippen LogP contribution in [-0.4, -0.2) is 102 Å². The second-order valence-corrected chi connectivity index (χ2v) is 12.1. The first-order chi connectivity index (χ1) is 23.1. The Morgan fingerprint density at radius 3 is 1.78 bits per heavy atom. The van der Waals surface area contributed by atoms with Gasteiger partial charge >= 0.3 is 0 Å². The molecule has 0 aliphatic heterocycles. The molecule has 0 spiro atoms. The molecule has 0 aromatic heterocycles. The highest BCUT2D eigenvalue weighted by molar-refractivity contribution is 6.38. The molecule has 0 bridgehead atoms. The normalized spacial score (nSPS) is 14.5. The Kier molecular flexibility index (Phi) is 22.8. The monoisotopic (exact) mass is 698 g/mol. The van der Waals surface area contributed by atoms with E-state index in [1.54, 1.807) is 0 Å². The maximum absolute atomic E-state index is 13.2. The number of aliphatic hydroxyl groups is 1. The van der Waals surface area contributed by atoms with Crippen molar-refractivity contribution in [2.75, 3.05) is 13.6 Å². The number of ketones is 1. The van der Waals surface area contributed by atoms with Crippen molar-refractivity contribution in [1.82, 2.24) is 31.9 Å². The quantitative estimate of drug-likeness (QED) is 0.0364. The lowest BCUT2D eigenvalue weighted by atomic mass is 10.1. The molecule has 0 rings (SSSR count). The summed E-state index contributed by atoms with van der Waals surface area (Å²) in [4.78, 5) is 99.9. The fraction of sp³-hybridized carbons (Fsp3) is 0.750. The summed E-state index contributed by atoms with van der Waals surface area (Å²) < 4.78 is 0. The number of likely N-dealkylation sites (N-methyl/N-ethyl adjacent to an activating group) is 1. The van der Waals surface area contributed by atoms with Crippen LogP contribution in [0.2, 0.25) is 0 Å². The number of unbranched alkanes of at least 4 members (excludes halogenated alkanes) is 7. The second kappa shape index (κ2) is 24.9. The lowest BCUT2D eigenvalue weighted by molar-refractivity contribution is -0.140. The Balaban J connectivity index is 5.45. The molecule has 7 amide bonds. The van der Waals surface area contributed by atoms with Crippen LogP contribution in [0.25, 0.3) is 0 Å². The number of primary amides is 1. The second-order valence-electron chi connectivity index (χ2n) is 12.1. The highest BCUT2D eigenvalue weighted by Gasteiger charge is 2.33. The number of aliphatic hydroxyl groups excluding tert-OH is 1. The highest BCUT2D eigenvalue weighted by atomic mass is 16.3. The van der Waals surface area contributed by atoms with E-state index in [0.717, 1.165) is 32.1 Å². The summed E-state index contributed by atoms with van der Waals surface area (Å²) in [6.45, 7) is 6.27. The van der Waals surface area contributed by atoms with Crippen LogP contribution in [0.4, 0.5) is 0 Å². The predicted molar refractivity (Wildman–Crippen MR) is 181 cm³/mol. The van der Waals surface area contributed by atoms with Crippen molar-refractivity contribution in [1.29, 1.82) is 0 Å². The summed E-state index contributed by atoms with van der Waals surface area (Å²) in [5, 5.41) is 24.5. The van der Waals surface area contributed by atoms with Crippen molar-refractivity contribution in [3.63, 3.8) is 0 Å². The van der Waals surface area contributed by atoms with Crippen LogP contribution in [0, 0.1) is 0 Å². The average Bonchev–Trinajstić information content (AvgIpc) is 3.04. The van der Waals surface area contributed by atoms with E-state index in [1.807, 2.05) is 0 Å². The van der Waals surface area contributed by atoms with Crippen molar-refractivity contribution in [3.05, 3.63) is 0 Å². The summed E-state index contributed by atoms with van der Waals surface area (Å²) in [5.74, 6) is -6.79. The number of carbonyl (C=O) groups excluding carboxylic acids is 8. The van der Waals surface area contributed by atoms with E-state index in [2.05, 4.69) is 38.8 Å². The van der Waals surface area contributed by atoms with Crippen LogP contribution >= 0.6 is 0 Å². The predicted octanol–water partition coefficient (Wildman–Crippen LogP) is -1.71. The Morgan fingerprint density at radius 2 is 1.22 bits per heavy atom. The molecule has 280 valence electrons. The molecule has 0 aromatic rings. The molecular weight excluding hydrogens is 640 g/mol. The molecule has 0 aliphatic rings. The van der Waals surface area contributed by atoms with E-state index in [0.29, 0.717) is 25.8 Å². The zero-order chi connectivity index (χ0) is 37.5. The van der Waals surface area contributed by atoms with Crippen molar-refractivity contribution >= 4 is 47.1 Å². The first-order valence-corrected chi connectivity index (χ1v) is 17.0. The van der Waals surface area contributed by atoms with Crippen molar-refractivity contribution in [2.24, 2.45) is 11.5 Å². The molecular formula is C32H58N8O9. The number of nitrogens with one attached hydrogen (secondary N) is 6. The molecule has 49 heavy (non-hydrogen) atoms. The molecule has 6 atom stereocenters. The van der Waals surface area contributed by atoms with Crippen LogP contribution in [-0.2, 0) is 38.4 Å². The summed E-state index contributed by atoms with van der Waals surface area (Å²) in [6.07, 6.45) is 6.69.